The van der Waals surface area contributed by atoms with E-state index in [2.05, 4.69) is 0 Å². The molecule has 2 heterocycles. The first-order valence-electron chi connectivity index (χ1n) is 7.93. The van der Waals surface area contributed by atoms with Gasteiger partial charge in [-0.05, 0) is 6.42 Å². The molecule has 0 amide bonds. The third-order valence-electron chi connectivity index (χ3n) is 4.49. The molecule has 0 bridgehead atoms. The van der Waals surface area contributed by atoms with Gasteiger partial charge in [-0.15, -0.1) is 0 Å². The third-order valence-corrected chi connectivity index (χ3v) is 4.49. The van der Waals surface area contributed by atoms with Gasteiger partial charge in [-0.1, -0.05) is 6.92 Å². The van der Waals surface area contributed by atoms with Crippen LogP contribution in [-0.2, 0) is 14.2 Å². The van der Waals surface area contributed by atoms with Gasteiger partial charge in [0.2, 0.25) is 0 Å². The SMILES string of the molecule is CCC1OC(COC2OC(CO)C(O)C(O)C2O)C(O)C(O)C1O. The summed E-state index contributed by atoms with van der Waals surface area (Å²) in [4.78, 5) is 0. The van der Waals surface area contributed by atoms with Crippen molar-refractivity contribution in [2.24, 2.45) is 0 Å². The minimum atomic E-state index is -1.58. The van der Waals surface area contributed by atoms with E-state index < -0.39 is 67.8 Å². The number of aliphatic hydroxyl groups excluding tert-OH is 7. The molecule has 24 heavy (non-hydrogen) atoms. The van der Waals surface area contributed by atoms with Crippen LogP contribution in [0.2, 0.25) is 0 Å². The predicted molar refractivity (Wildman–Crippen MR) is 76.7 cm³/mol. The molecule has 0 spiro atoms. The van der Waals surface area contributed by atoms with E-state index in [4.69, 9.17) is 19.3 Å². The summed E-state index contributed by atoms with van der Waals surface area (Å²) >= 11 is 0. The summed E-state index contributed by atoms with van der Waals surface area (Å²) in [6.07, 6.45) is -12.4. The zero-order chi connectivity index (χ0) is 18.0. The number of hydrogen-bond acceptors (Lipinski definition) is 10. The lowest BCUT2D eigenvalue weighted by Gasteiger charge is -2.42. The molecule has 10 nitrogen and oxygen atoms in total. The molecular formula is C14H26O10. The van der Waals surface area contributed by atoms with E-state index in [1.54, 1.807) is 6.92 Å². The fraction of sp³-hybridized carbons (Fsp3) is 1.00. The predicted octanol–water partition coefficient (Wildman–Crippen LogP) is -3.94. The van der Waals surface area contributed by atoms with Crippen molar-refractivity contribution in [1.82, 2.24) is 0 Å². The average molecular weight is 354 g/mol. The Morgan fingerprint density at radius 2 is 1.25 bits per heavy atom. The van der Waals surface area contributed by atoms with Crippen LogP contribution in [0.15, 0.2) is 0 Å². The van der Waals surface area contributed by atoms with Crippen LogP contribution in [-0.4, -0.2) is 110 Å². The van der Waals surface area contributed by atoms with Gasteiger partial charge in [0, 0.05) is 0 Å². The van der Waals surface area contributed by atoms with E-state index in [0.29, 0.717) is 6.42 Å². The van der Waals surface area contributed by atoms with Gasteiger partial charge in [-0.25, -0.2) is 0 Å². The highest BCUT2D eigenvalue weighted by atomic mass is 16.7. The summed E-state index contributed by atoms with van der Waals surface area (Å²) in [5.41, 5.74) is 0. The molecule has 2 aliphatic rings. The highest BCUT2D eigenvalue weighted by molar-refractivity contribution is 4.93. The summed E-state index contributed by atoms with van der Waals surface area (Å²) < 4.78 is 16.0. The maximum absolute atomic E-state index is 9.96. The third kappa shape index (κ3) is 3.88. The molecule has 10 unspecified atom stereocenters. The minimum Gasteiger partial charge on any atom is -0.394 e. The van der Waals surface area contributed by atoms with Gasteiger partial charge in [0.25, 0.3) is 0 Å². The molecule has 0 aliphatic carbocycles. The topological polar surface area (TPSA) is 169 Å². The molecule has 0 aromatic carbocycles. The molecule has 2 aliphatic heterocycles. The summed E-state index contributed by atoms with van der Waals surface area (Å²) in [5.74, 6) is 0. The van der Waals surface area contributed by atoms with Gasteiger partial charge in [-0.3, -0.25) is 0 Å². The fourth-order valence-corrected chi connectivity index (χ4v) is 2.90. The first-order chi connectivity index (χ1) is 11.3. The van der Waals surface area contributed by atoms with Crippen molar-refractivity contribution in [3.8, 4) is 0 Å². The molecule has 10 heteroatoms. The summed E-state index contributed by atoms with van der Waals surface area (Å²) in [7, 11) is 0. The number of rotatable bonds is 5. The lowest BCUT2D eigenvalue weighted by molar-refractivity contribution is -0.314. The molecule has 142 valence electrons. The van der Waals surface area contributed by atoms with Crippen LogP contribution in [0.5, 0.6) is 0 Å². The first kappa shape index (κ1) is 19.9. The molecule has 7 N–H and O–H groups in total. The van der Waals surface area contributed by atoms with E-state index in [9.17, 15) is 30.6 Å². The smallest absolute Gasteiger partial charge is 0.186 e. The second kappa shape index (κ2) is 8.32. The van der Waals surface area contributed by atoms with Gasteiger partial charge in [0.05, 0.1) is 19.3 Å². The summed E-state index contributed by atoms with van der Waals surface area (Å²) in [5, 5.41) is 68.0. The Hall–Kier alpha value is -0.400. The van der Waals surface area contributed by atoms with Gasteiger partial charge < -0.3 is 50.0 Å². The standard InChI is InChI=1S/C14H26O10/c1-2-5-8(16)11(19)10(18)7(23-5)4-22-14-13(21)12(20)9(17)6(3-15)24-14/h5-21H,2-4H2,1H3. The van der Waals surface area contributed by atoms with Gasteiger partial charge in [0.1, 0.15) is 48.8 Å². The molecular weight excluding hydrogens is 328 g/mol. The lowest BCUT2D eigenvalue weighted by Crippen LogP contribution is -2.61. The molecule has 0 saturated carbocycles. The highest BCUT2D eigenvalue weighted by Gasteiger charge is 2.46. The van der Waals surface area contributed by atoms with Crippen LogP contribution in [0.1, 0.15) is 13.3 Å². The van der Waals surface area contributed by atoms with Crippen molar-refractivity contribution in [3.05, 3.63) is 0 Å². The van der Waals surface area contributed by atoms with E-state index in [1.807, 2.05) is 0 Å². The molecule has 0 aromatic rings. The Balaban J connectivity index is 1.96. The lowest BCUT2D eigenvalue weighted by atomic mass is 9.94. The molecule has 0 radical (unpaired) electrons. The second-order valence-corrected chi connectivity index (χ2v) is 6.12. The Labute approximate surface area is 138 Å². The maximum Gasteiger partial charge on any atom is 0.186 e. The zero-order valence-corrected chi connectivity index (χ0v) is 13.3. The monoisotopic (exact) mass is 354 g/mol. The van der Waals surface area contributed by atoms with Crippen molar-refractivity contribution in [1.29, 1.82) is 0 Å². The van der Waals surface area contributed by atoms with Crippen LogP contribution < -0.4 is 0 Å². The summed E-state index contributed by atoms with van der Waals surface area (Å²) in [6.45, 7) is 0.855. The van der Waals surface area contributed by atoms with Crippen LogP contribution in [0.4, 0.5) is 0 Å². The van der Waals surface area contributed by atoms with E-state index in [0.717, 1.165) is 0 Å². The number of aliphatic hydroxyl groups is 7. The van der Waals surface area contributed by atoms with Crippen molar-refractivity contribution >= 4 is 0 Å². The fourth-order valence-electron chi connectivity index (χ4n) is 2.90. The van der Waals surface area contributed by atoms with E-state index >= 15 is 0 Å². The molecule has 2 saturated heterocycles. The Bertz CT molecular complexity index is 356. The van der Waals surface area contributed by atoms with Crippen molar-refractivity contribution in [3.63, 3.8) is 0 Å². The van der Waals surface area contributed by atoms with Gasteiger partial charge in [-0.2, -0.15) is 0 Å². The number of ether oxygens (including phenoxy) is 3. The van der Waals surface area contributed by atoms with Gasteiger partial charge in [0.15, 0.2) is 6.29 Å². The molecule has 2 rings (SSSR count). The Morgan fingerprint density at radius 1 is 0.708 bits per heavy atom. The van der Waals surface area contributed by atoms with E-state index in [1.165, 1.54) is 0 Å². The van der Waals surface area contributed by atoms with E-state index in [-0.39, 0.29) is 6.61 Å². The second-order valence-electron chi connectivity index (χ2n) is 6.12. The Morgan fingerprint density at radius 3 is 1.83 bits per heavy atom. The summed E-state index contributed by atoms with van der Waals surface area (Å²) in [6, 6.07) is 0. The van der Waals surface area contributed by atoms with Crippen LogP contribution in [0.3, 0.4) is 0 Å². The normalized spacial score (nSPS) is 50.0. The number of hydrogen-bond donors (Lipinski definition) is 7. The largest absolute Gasteiger partial charge is 0.394 e. The molecule has 0 aromatic heterocycles. The van der Waals surface area contributed by atoms with Crippen LogP contribution in [0, 0.1) is 0 Å². The maximum atomic E-state index is 9.96. The van der Waals surface area contributed by atoms with Crippen molar-refractivity contribution < 1.29 is 50.0 Å². The zero-order valence-electron chi connectivity index (χ0n) is 13.3. The minimum absolute atomic E-state index is 0.301. The molecule has 10 atom stereocenters. The quantitative estimate of drug-likeness (QED) is 0.259. The molecule has 2 fully saturated rings. The first-order valence-corrected chi connectivity index (χ1v) is 7.93. The van der Waals surface area contributed by atoms with Crippen molar-refractivity contribution in [2.45, 2.75) is 74.6 Å². The van der Waals surface area contributed by atoms with Crippen LogP contribution >= 0.6 is 0 Å². The highest BCUT2D eigenvalue weighted by Crippen LogP contribution is 2.26. The van der Waals surface area contributed by atoms with Crippen molar-refractivity contribution in [2.75, 3.05) is 13.2 Å². The average Bonchev–Trinajstić information content (AvgIpc) is 2.58. The van der Waals surface area contributed by atoms with Gasteiger partial charge >= 0.3 is 0 Å². The van der Waals surface area contributed by atoms with Crippen LogP contribution in [0.25, 0.3) is 0 Å². The Kier molecular flexibility index (Phi) is 6.90.